The van der Waals surface area contributed by atoms with Crippen LogP contribution < -0.4 is 5.32 Å². The van der Waals surface area contributed by atoms with Crippen molar-refractivity contribution in [3.8, 4) is 0 Å². The van der Waals surface area contributed by atoms with Gasteiger partial charge in [-0.25, -0.2) is 13.4 Å². The number of carbonyl (C=O) groups is 1. The smallest absolute Gasteiger partial charge is 0.271 e. The highest BCUT2D eigenvalue weighted by Crippen LogP contribution is 2.29. The molecule has 9 nitrogen and oxygen atoms in total. The number of carbonyl (C=O) groups excluding carboxylic acids is 1. The van der Waals surface area contributed by atoms with Crippen LogP contribution in [0.1, 0.15) is 37.0 Å². The molecule has 0 bridgehead atoms. The van der Waals surface area contributed by atoms with E-state index in [4.69, 9.17) is 0 Å². The first-order valence-corrected chi connectivity index (χ1v) is 12.0. The Hall–Kier alpha value is -2.89. The number of nitrogens with one attached hydrogen (secondary N) is 1. The molecular formula is C20H22N4O5S2. The third-order valence-electron chi connectivity index (χ3n) is 4.50. The maximum absolute atomic E-state index is 12.8. The molecule has 3 rings (SSSR count). The molecule has 164 valence electrons. The number of anilines is 1. The molecule has 1 aromatic heterocycles. The topological polar surface area (TPSA) is 123 Å². The number of thiazole rings is 1. The van der Waals surface area contributed by atoms with Crippen LogP contribution in [-0.2, 0) is 10.0 Å². The number of amides is 1. The molecule has 0 spiro atoms. The van der Waals surface area contributed by atoms with Crippen molar-refractivity contribution in [1.29, 1.82) is 0 Å². The molecule has 1 N–H and O–H groups in total. The molecule has 0 radical (unpaired) electrons. The van der Waals surface area contributed by atoms with Crippen molar-refractivity contribution < 1.29 is 18.1 Å². The van der Waals surface area contributed by atoms with Crippen LogP contribution in [0.2, 0.25) is 0 Å². The van der Waals surface area contributed by atoms with E-state index in [-0.39, 0.29) is 16.1 Å². The summed E-state index contributed by atoms with van der Waals surface area (Å²) in [6.45, 7) is 4.72. The Morgan fingerprint density at radius 1 is 1.13 bits per heavy atom. The number of rotatable bonds is 9. The van der Waals surface area contributed by atoms with E-state index in [2.05, 4.69) is 10.3 Å². The first kappa shape index (κ1) is 22.8. The average molecular weight is 463 g/mol. The molecule has 3 aromatic rings. The molecule has 0 aliphatic rings. The number of hydrogen-bond donors (Lipinski definition) is 1. The Bertz CT molecular complexity index is 1200. The number of hydrogen-bond acceptors (Lipinski definition) is 7. The lowest BCUT2D eigenvalue weighted by molar-refractivity contribution is -0.384. The van der Waals surface area contributed by atoms with Crippen molar-refractivity contribution in [1.82, 2.24) is 9.29 Å². The lowest BCUT2D eigenvalue weighted by Crippen LogP contribution is -2.32. The number of benzene rings is 2. The highest BCUT2D eigenvalue weighted by atomic mass is 32.2. The summed E-state index contributed by atoms with van der Waals surface area (Å²) < 4.78 is 27.8. The van der Waals surface area contributed by atoms with Gasteiger partial charge in [0, 0.05) is 30.8 Å². The summed E-state index contributed by atoms with van der Waals surface area (Å²) in [5, 5.41) is 13.8. The molecule has 11 heteroatoms. The third-order valence-corrected chi connectivity index (χ3v) is 7.37. The number of fused-ring (bicyclic) bond motifs is 1. The first-order chi connectivity index (χ1) is 14.8. The van der Waals surface area contributed by atoms with Crippen LogP contribution in [0.3, 0.4) is 0 Å². The SMILES string of the molecule is CCCN(CCC)S(=O)(=O)c1ccc(C(=O)Nc2nc3cc([N+](=O)[O-])ccc3s2)cc1. The fraction of sp³-hybridized carbons (Fsp3) is 0.300. The summed E-state index contributed by atoms with van der Waals surface area (Å²) in [5.74, 6) is -0.448. The van der Waals surface area contributed by atoms with Gasteiger partial charge in [-0.2, -0.15) is 4.31 Å². The molecule has 0 fully saturated rings. The zero-order valence-corrected chi connectivity index (χ0v) is 18.7. The molecule has 0 aliphatic carbocycles. The molecule has 2 aromatic carbocycles. The number of non-ortho nitro benzene ring substituents is 1. The highest BCUT2D eigenvalue weighted by Gasteiger charge is 2.23. The van der Waals surface area contributed by atoms with Crippen LogP contribution in [0.5, 0.6) is 0 Å². The van der Waals surface area contributed by atoms with Gasteiger partial charge in [0.1, 0.15) is 0 Å². The average Bonchev–Trinajstić information content (AvgIpc) is 3.15. The predicted molar refractivity (Wildman–Crippen MR) is 120 cm³/mol. The Morgan fingerprint density at radius 2 is 1.77 bits per heavy atom. The van der Waals surface area contributed by atoms with E-state index in [0.29, 0.717) is 41.3 Å². The normalized spacial score (nSPS) is 11.7. The van der Waals surface area contributed by atoms with E-state index < -0.39 is 20.9 Å². The Morgan fingerprint density at radius 3 is 2.35 bits per heavy atom. The molecule has 0 aliphatic heterocycles. The molecule has 0 saturated carbocycles. The van der Waals surface area contributed by atoms with Gasteiger partial charge in [-0.3, -0.25) is 20.2 Å². The van der Waals surface area contributed by atoms with Gasteiger partial charge in [0.2, 0.25) is 10.0 Å². The largest absolute Gasteiger partial charge is 0.298 e. The molecule has 1 amide bonds. The zero-order valence-electron chi connectivity index (χ0n) is 17.1. The lowest BCUT2D eigenvalue weighted by Gasteiger charge is -2.21. The standard InChI is InChI=1S/C20H22N4O5S2/c1-3-11-23(12-4-2)31(28,29)16-8-5-14(6-9-16)19(25)22-20-21-17-13-15(24(26)27)7-10-18(17)30-20/h5-10,13H,3-4,11-12H2,1-2H3,(H,21,22,25). The Kier molecular flexibility index (Phi) is 6.98. The van der Waals surface area contributed by atoms with Crippen molar-refractivity contribution in [3.63, 3.8) is 0 Å². The van der Waals surface area contributed by atoms with Gasteiger partial charge in [-0.1, -0.05) is 25.2 Å². The summed E-state index contributed by atoms with van der Waals surface area (Å²) in [4.78, 5) is 27.3. The number of nitro groups is 1. The van der Waals surface area contributed by atoms with Crippen LogP contribution in [0.15, 0.2) is 47.4 Å². The van der Waals surface area contributed by atoms with Crippen LogP contribution in [0, 0.1) is 10.1 Å². The highest BCUT2D eigenvalue weighted by molar-refractivity contribution is 7.89. The van der Waals surface area contributed by atoms with Gasteiger partial charge in [0.25, 0.3) is 11.6 Å². The maximum Gasteiger partial charge on any atom is 0.271 e. The molecule has 0 saturated heterocycles. The van der Waals surface area contributed by atoms with E-state index >= 15 is 0 Å². The summed E-state index contributed by atoms with van der Waals surface area (Å²) in [7, 11) is -3.62. The molecule has 1 heterocycles. The van der Waals surface area contributed by atoms with Crippen LogP contribution >= 0.6 is 11.3 Å². The second kappa shape index (κ2) is 9.50. The van der Waals surface area contributed by atoms with Gasteiger partial charge in [-0.05, 0) is 43.2 Å². The van der Waals surface area contributed by atoms with Crippen molar-refractivity contribution in [3.05, 3.63) is 58.1 Å². The number of nitrogens with zero attached hydrogens (tertiary/aromatic N) is 3. The van der Waals surface area contributed by atoms with E-state index in [0.717, 1.165) is 0 Å². The van der Waals surface area contributed by atoms with Gasteiger partial charge >= 0.3 is 0 Å². The number of aromatic nitrogens is 1. The Labute approximate surface area is 183 Å². The summed E-state index contributed by atoms with van der Waals surface area (Å²) >= 11 is 1.19. The van der Waals surface area contributed by atoms with Gasteiger partial charge in [0.15, 0.2) is 5.13 Å². The van der Waals surface area contributed by atoms with Crippen molar-refractivity contribution in [2.45, 2.75) is 31.6 Å². The van der Waals surface area contributed by atoms with E-state index in [1.165, 1.54) is 52.0 Å². The maximum atomic E-state index is 12.8. The third kappa shape index (κ3) is 5.06. The zero-order chi connectivity index (χ0) is 22.6. The minimum Gasteiger partial charge on any atom is -0.298 e. The van der Waals surface area contributed by atoms with Gasteiger partial charge in [0.05, 0.1) is 20.0 Å². The molecule has 0 atom stereocenters. The molecular weight excluding hydrogens is 440 g/mol. The number of nitro benzene ring substituents is 1. The fourth-order valence-electron chi connectivity index (χ4n) is 3.03. The predicted octanol–water partition coefficient (Wildman–Crippen LogP) is 4.27. The summed E-state index contributed by atoms with van der Waals surface area (Å²) in [6, 6.07) is 10.1. The minimum absolute atomic E-state index is 0.0762. The monoisotopic (exact) mass is 462 g/mol. The lowest BCUT2D eigenvalue weighted by atomic mass is 10.2. The molecule has 31 heavy (non-hydrogen) atoms. The summed E-state index contributed by atoms with van der Waals surface area (Å²) in [5.41, 5.74) is 0.622. The van der Waals surface area contributed by atoms with Crippen molar-refractivity contribution in [2.75, 3.05) is 18.4 Å². The van der Waals surface area contributed by atoms with E-state index in [1.54, 1.807) is 6.07 Å². The van der Waals surface area contributed by atoms with Crippen LogP contribution in [0.4, 0.5) is 10.8 Å². The number of sulfonamides is 1. The second-order valence-electron chi connectivity index (χ2n) is 6.81. The van der Waals surface area contributed by atoms with Gasteiger partial charge in [-0.15, -0.1) is 0 Å². The minimum atomic E-state index is -3.62. The summed E-state index contributed by atoms with van der Waals surface area (Å²) in [6.07, 6.45) is 1.43. The van der Waals surface area contributed by atoms with Crippen LogP contribution in [-0.4, -0.2) is 41.6 Å². The van der Waals surface area contributed by atoms with Crippen LogP contribution in [0.25, 0.3) is 10.2 Å². The molecule has 0 unspecified atom stereocenters. The quantitative estimate of drug-likeness (QED) is 0.374. The van der Waals surface area contributed by atoms with E-state index in [9.17, 15) is 23.3 Å². The van der Waals surface area contributed by atoms with Crippen molar-refractivity contribution >= 4 is 48.3 Å². The fourth-order valence-corrected chi connectivity index (χ4v) is 5.50. The Balaban J connectivity index is 1.77. The second-order valence-corrected chi connectivity index (χ2v) is 9.78. The van der Waals surface area contributed by atoms with Gasteiger partial charge < -0.3 is 0 Å². The first-order valence-electron chi connectivity index (χ1n) is 9.72. The van der Waals surface area contributed by atoms with Crippen molar-refractivity contribution in [2.24, 2.45) is 0 Å². The van der Waals surface area contributed by atoms with E-state index in [1.807, 2.05) is 13.8 Å².